The fourth-order valence-electron chi connectivity index (χ4n) is 4.07. The van der Waals surface area contributed by atoms with E-state index in [-0.39, 0.29) is 18.1 Å². The Kier molecular flexibility index (Phi) is 6.10. The lowest BCUT2D eigenvalue weighted by Gasteiger charge is -2.35. The van der Waals surface area contributed by atoms with Crippen molar-refractivity contribution in [2.24, 2.45) is 0 Å². The lowest BCUT2D eigenvalue weighted by atomic mass is 9.95. The van der Waals surface area contributed by atoms with Crippen LogP contribution in [0.4, 0.5) is 0 Å². The average molecular weight is 366 g/mol. The van der Waals surface area contributed by atoms with Crippen LogP contribution in [0.15, 0.2) is 5.16 Å². The Balaban J connectivity index is 1.66. The summed E-state index contributed by atoms with van der Waals surface area (Å²) in [6.45, 7) is 9.69. The van der Waals surface area contributed by atoms with Gasteiger partial charge in [-0.2, -0.15) is 0 Å². The van der Waals surface area contributed by atoms with Crippen molar-refractivity contribution in [1.29, 1.82) is 0 Å². The predicted octanol–water partition coefficient (Wildman–Crippen LogP) is 3.73. The molecule has 3 rings (SSSR count). The van der Waals surface area contributed by atoms with Gasteiger partial charge in [0, 0.05) is 24.8 Å². The highest BCUT2D eigenvalue weighted by Crippen LogP contribution is 2.34. The van der Waals surface area contributed by atoms with Crippen molar-refractivity contribution in [2.75, 3.05) is 18.8 Å². The quantitative estimate of drug-likeness (QED) is 0.763. The molecule has 2 heterocycles. The highest BCUT2D eigenvalue weighted by molar-refractivity contribution is 7.99. The zero-order valence-corrected chi connectivity index (χ0v) is 16.8. The summed E-state index contributed by atoms with van der Waals surface area (Å²) in [5.74, 6) is 0.655. The number of thioether (sulfide) groups is 1. The molecule has 25 heavy (non-hydrogen) atoms. The van der Waals surface area contributed by atoms with Gasteiger partial charge in [0.05, 0.1) is 23.7 Å². The van der Waals surface area contributed by atoms with Gasteiger partial charge < -0.3 is 14.2 Å². The Morgan fingerprint density at radius 3 is 2.44 bits per heavy atom. The first-order valence-corrected chi connectivity index (χ1v) is 10.6. The number of hydrogen-bond donors (Lipinski definition) is 0. The van der Waals surface area contributed by atoms with Crippen LogP contribution < -0.4 is 0 Å². The third-order valence-corrected chi connectivity index (χ3v) is 6.33. The first-order valence-electron chi connectivity index (χ1n) is 9.57. The Morgan fingerprint density at radius 2 is 1.80 bits per heavy atom. The van der Waals surface area contributed by atoms with Crippen molar-refractivity contribution in [2.45, 2.75) is 83.2 Å². The Hall–Kier alpha value is -1.01. The number of rotatable bonds is 4. The first kappa shape index (κ1) is 18.8. The molecule has 5 nitrogen and oxygen atoms in total. The van der Waals surface area contributed by atoms with Gasteiger partial charge in [-0.05, 0) is 40.5 Å². The molecule has 6 heteroatoms. The van der Waals surface area contributed by atoms with Crippen molar-refractivity contribution >= 4 is 17.7 Å². The summed E-state index contributed by atoms with van der Waals surface area (Å²) in [6, 6.07) is 0.552. The van der Waals surface area contributed by atoms with Crippen molar-refractivity contribution < 1.29 is 9.53 Å². The van der Waals surface area contributed by atoms with Gasteiger partial charge in [0.1, 0.15) is 0 Å². The van der Waals surface area contributed by atoms with E-state index in [1.54, 1.807) is 11.8 Å². The molecule has 1 aliphatic carbocycles. The van der Waals surface area contributed by atoms with E-state index in [1.165, 1.54) is 37.8 Å². The lowest BCUT2D eigenvalue weighted by Crippen LogP contribution is -2.48. The summed E-state index contributed by atoms with van der Waals surface area (Å²) in [7, 11) is 0. The number of aromatic nitrogens is 2. The highest BCUT2D eigenvalue weighted by atomic mass is 32.2. The number of aryl methyl sites for hydroxylation is 1. The third kappa shape index (κ3) is 4.40. The molecule has 1 aromatic heterocycles. The minimum atomic E-state index is 0.117. The van der Waals surface area contributed by atoms with E-state index in [2.05, 4.69) is 18.4 Å². The smallest absolute Gasteiger partial charge is 0.233 e. The van der Waals surface area contributed by atoms with Crippen molar-refractivity contribution in [3.05, 3.63) is 11.4 Å². The summed E-state index contributed by atoms with van der Waals surface area (Å²) in [6.07, 6.45) is 6.64. The van der Waals surface area contributed by atoms with Crippen LogP contribution in [-0.4, -0.2) is 51.4 Å². The molecule has 1 saturated heterocycles. The normalized spacial score (nSPS) is 25.4. The minimum Gasteiger partial charge on any atom is -0.372 e. The number of amides is 1. The Labute approximate surface area is 155 Å². The van der Waals surface area contributed by atoms with E-state index in [9.17, 15) is 4.79 Å². The number of carbonyl (C=O) groups excluding carboxylic acids is 1. The molecule has 2 atom stereocenters. The molecular formula is C19H31N3O2S. The van der Waals surface area contributed by atoms with Crippen LogP contribution in [-0.2, 0) is 9.53 Å². The lowest BCUT2D eigenvalue weighted by molar-refractivity contribution is -0.140. The fourth-order valence-corrected chi connectivity index (χ4v) is 5.13. The Morgan fingerprint density at radius 1 is 1.16 bits per heavy atom. The summed E-state index contributed by atoms with van der Waals surface area (Å²) < 4.78 is 8.13. The van der Waals surface area contributed by atoms with Gasteiger partial charge >= 0.3 is 0 Å². The molecule has 1 saturated carbocycles. The van der Waals surface area contributed by atoms with Gasteiger partial charge in [0.2, 0.25) is 5.91 Å². The maximum atomic E-state index is 12.7. The van der Waals surface area contributed by atoms with E-state index < -0.39 is 0 Å². The topological polar surface area (TPSA) is 47.4 Å². The van der Waals surface area contributed by atoms with E-state index in [0.29, 0.717) is 24.9 Å². The number of imidazole rings is 1. The number of hydrogen-bond acceptors (Lipinski definition) is 4. The van der Waals surface area contributed by atoms with Crippen LogP contribution in [0.25, 0.3) is 0 Å². The summed E-state index contributed by atoms with van der Waals surface area (Å²) in [5, 5.41) is 1.02. The highest BCUT2D eigenvalue weighted by Gasteiger charge is 2.27. The molecule has 1 amide bonds. The van der Waals surface area contributed by atoms with Gasteiger partial charge in [0.15, 0.2) is 5.16 Å². The number of ether oxygens (including phenoxy) is 1. The van der Waals surface area contributed by atoms with Gasteiger partial charge in [0.25, 0.3) is 0 Å². The van der Waals surface area contributed by atoms with Gasteiger partial charge in [-0.15, -0.1) is 0 Å². The van der Waals surface area contributed by atoms with Crippen LogP contribution in [0.3, 0.4) is 0 Å². The number of carbonyl (C=O) groups is 1. The first-order chi connectivity index (χ1) is 12.0. The zero-order chi connectivity index (χ0) is 18.0. The maximum absolute atomic E-state index is 12.7. The molecule has 0 bridgehead atoms. The van der Waals surface area contributed by atoms with Crippen LogP contribution in [0, 0.1) is 13.8 Å². The van der Waals surface area contributed by atoms with E-state index in [0.717, 1.165) is 10.9 Å². The standard InChI is InChI=1S/C19H31N3O2S/c1-13-10-21(11-14(2)24-13)18(23)12-25-19-20-15(3)16(4)22(19)17-8-6-5-7-9-17/h13-14,17H,5-12H2,1-4H3. The van der Waals surface area contributed by atoms with E-state index in [4.69, 9.17) is 9.72 Å². The van der Waals surface area contributed by atoms with E-state index >= 15 is 0 Å². The van der Waals surface area contributed by atoms with Gasteiger partial charge in [-0.25, -0.2) is 4.98 Å². The third-order valence-electron chi connectivity index (χ3n) is 5.39. The van der Waals surface area contributed by atoms with Crippen LogP contribution in [0.5, 0.6) is 0 Å². The van der Waals surface area contributed by atoms with Gasteiger partial charge in [-0.1, -0.05) is 31.0 Å². The molecule has 0 aromatic carbocycles. The molecule has 0 radical (unpaired) electrons. The summed E-state index contributed by atoms with van der Waals surface area (Å²) >= 11 is 1.60. The monoisotopic (exact) mass is 365 g/mol. The second-order valence-corrected chi connectivity index (χ2v) is 8.51. The molecule has 2 fully saturated rings. The SMILES string of the molecule is Cc1nc(SCC(=O)N2CC(C)OC(C)C2)n(C2CCCCC2)c1C. The molecule has 1 aliphatic heterocycles. The molecule has 1 aromatic rings. The predicted molar refractivity (Wildman–Crippen MR) is 101 cm³/mol. The van der Waals surface area contributed by atoms with Crippen molar-refractivity contribution in [3.8, 4) is 0 Å². The molecule has 2 unspecified atom stereocenters. The second kappa shape index (κ2) is 8.12. The fraction of sp³-hybridized carbons (Fsp3) is 0.789. The molecule has 0 N–H and O–H groups in total. The molecule has 140 valence electrons. The number of nitrogens with zero attached hydrogens (tertiary/aromatic N) is 3. The van der Waals surface area contributed by atoms with Crippen molar-refractivity contribution in [1.82, 2.24) is 14.5 Å². The van der Waals surface area contributed by atoms with E-state index in [1.807, 2.05) is 18.7 Å². The summed E-state index contributed by atoms with van der Waals surface area (Å²) in [4.78, 5) is 19.4. The molecular weight excluding hydrogens is 334 g/mol. The van der Waals surface area contributed by atoms with Gasteiger partial charge in [-0.3, -0.25) is 4.79 Å². The Bertz CT molecular complexity index is 600. The molecule has 2 aliphatic rings. The summed E-state index contributed by atoms with van der Waals surface area (Å²) in [5.41, 5.74) is 2.35. The number of morpholine rings is 1. The van der Waals surface area contributed by atoms with Crippen molar-refractivity contribution in [3.63, 3.8) is 0 Å². The zero-order valence-electron chi connectivity index (χ0n) is 16.0. The maximum Gasteiger partial charge on any atom is 0.233 e. The van der Waals surface area contributed by atoms with Crippen LogP contribution in [0.1, 0.15) is 63.4 Å². The van der Waals surface area contributed by atoms with Crippen LogP contribution >= 0.6 is 11.8 Å². The average Bonchev–Trinajstić information content (AvgIpc) is 2.87. The van der Waals surface area contributed by atoms with Crippen LogP contribution in [0.2, 0.25) is 0 Å². The minimum absolute atomic E-state index is 0.117. The second-order valence-electron chi connectivity index (χ2n) is 7.57. The largest absolute Gasteiger partial charge is 0.372 e. The molecule has 0 spiro atoms.